The van der Waals surface area contributed by atoms with Gasteiger partial charge >= 0.3 is 0 Å². The second-order valence-corrected chi connectivity index (χ2v) is 4.29. The number of nitrogens with two attached hydrogens (primary N) is 1. The van der Waals surface area contributed by atoms with Gasteiger partial charge in [-0.2, -0.15) is 4.98 Å². The van der Waals surface area contributed by atoms with E-state index < -0.39 is 0 Å². The Balaban J connectivity index is 2.65. The fourth-order valence-corrected chi connectivity index (χ4v) is 1.62. The summed E-state index contributed by atoms with van der Waals surface area (Å²) in [6.07, 6.45) is 2.29. The Morgan fingerprint density at radius 1 is 1.44 bits per heavy atom. The largest absolute Gasteiger partial charge is 0.477 e. The third-order valence-electron chi connectivity index (χ3n) is 2.47. The third-order valence-corrected chi connectivity index (χ3v) is 2.47. The van der Waals surface area contributed by atoms with Crippen molar-refractivity contribution in [2.24, 2.45) is 11.8 Å². The van der Waals surface area contributed by atoms with E-state index in [2.05, 4.69) is 29.2 Å². The minimum absolute atomic E-state index is 0.330. The number of nitrogens with zero attached hydrogens (tertiary/aromatic N) is 2. The predicted octanol–water partition coefficient (Wildman–Crippen LogP) is 1.72. The van der Waals surface area contributed by atoms with E-state index in [1.807, 2.05) is 0 Å². The highest BCUT2D eigenvalue weighted by atomic mass is 16.5. The summed E-state index contributed by atoms with van der Waals surface area (Å²) in [5.41, 5.74) is 2.49. The van der Waals surface area contributed by atoms with Crippen molar-refractivity contribution < 1.29 is 9.47 Å². The molecule has 1 heterocycles. The van der Waals surface area contributed by atoms with Crippen LogP contribution in [0.5, 0.6) is 5.88 Å². The summed E-state index contributed by atoms with van der Waals surface area (Å²) in [4.78, 5) is 8.40. The van der Waals surface area contributed by atoms with Gasteiger partial charge in [-0.1, -0.05) is 20.3 Å². The summed E-state index contributed by atoms with van der Waals surface area (Å²) in [5.74, 6) is 7.45. The van der Waals surface area contributed by atoms with E-state index in [1.165, 1.54) is 0 Å². The zero-order valence-corrected chi connectivity index (χ0v) is 11.3. The Morgan fingerprint density at radius 3 is 2.83 bits per heavy atom. The van der Waals surface area contributed by atoms with Crippen molar-refractivity contribution in [2.45, 2.75) is 33.3 Å². The maximum absolute atomic E-state index is 5.65. The van der Waals surface area contributed by atoms with Gasteiger partial charge in [0.25, 0.3) is 0 Å². The molecule has 0 bridgehead atoms. The van der Waals surface area contributed by atoms with Crippen molar-refractivity contribution in [2.75, 3.05) is 19.1 Å². The average molecular weight is 254 g/mol. The first kappa shape index (κ1) is 14.7. The predicted molar refractivity (Wildman–Crippen MR) is 70.1 cm³/mol. The molecule has 3 N–H and O–H groups in total. The fraction of sp³-hybridized carbons (Fsp3) is 0.667. The summed E-state index contributed by atoms with van der Waals surface area (Å²) in [7, 11) is 1.59. The van der Waals surface area contributed by atoms with Crippen LogP contribution in [0.15, 0.2) is 6.07 Å². The van der Waals surface area contributed by atoms with Gasteiger partial charge in [0.15, 0.2) is 5.82 Å². The molecule has 0 aliphatic carbocycles. The third kappa shape index (κ3) is 4.85. The maximum Gasteiger partial charge on any atom is 0.218 e. The first-order valence-electron chi connectivity index (χ1n) is 6.15. The van der Waals surface area contributed by atoms with Crippen LogP contribution in [0.1, 0.15) is 32.5 Å². The second kappa shape index (κ2) is 7.84. The fourth-order valence-electron chi connectivity index (χ4n) is 1.62. The molecule has 6 nitrogen and oxygen atoms in total. The van der Waals surface area contributed by atoms with Crippen LogP contribution >= 0.6 is 0 Å². The van der Waals surface area contributed by atoms with Crippen molar-refractivity contribution in [1.82, 2.24) is 9.97 Å². The molecule has 0 spiro atoms. The Hall–Kier alpha value is -1.40. The van der Waals surface area contributed by atoms with Gasteiger partial charge in [0.1, 0.15) is 12.4 Å². The van der Waals surface area contributed by atoms with Gasteiger partial charge in [0.2, 0.25) is 5.88 Å². The van der Waals surface area contributed by atoms with Crippen LogP contribution in [0.2, 0.25) is 0 Å². The molecule has 0 saturated heterocycles. The molecule has 1 aromatic heterocycles. The van der Waals surface area contributed by atoms with E-state index in [9.17, 15) is 0 Å². The number of hydrazine groups is 1. The number of aromatic nitrogens is 2. The van der Waals surface area contributed by atoms with Crippen molar-refractivity contribution in [1.29, 1.82) is 0 Å². The lowest BCUT2D eigenvalue weighted by Gasteiger charge is -2.12. The monoisotopic (exact) mass is 254 g/mol. The molecular formula is C12H22N4O2. The molecule has 0 aliphatic rings. The second-order valence-electron chi connectivity index (χ2n) is 4.29. The number of ether oxygens (including phenoxy) is 2. The number of hydrogen-bond donors (Lipinski definition) is 2. The van der Waals surface area contributed by atoms with E-state index in [0.717, 1.165) is 12.8 Å². The van der Waals surface area contributed by atoms with E-state index in [1.54, 1.807) is 13.2 Å². The average Bonchev–Trinajstić information content (AvgIpc) is 2.37. The number of anilines is 1. The summed E-state index contributed by atoms with van der Waals surface area (Å²) >= 11 is 0. The molecule has 1 unspecified atom stereocenters. The smallest absolute Gasteiger partial charge is 0.218 e. The van der Waals surface area contributed by atoms with Crippen LogP contribution in [-0.4, -0.2) is 23.7 Å². The lowest BCUT2D eigenvalue weighted by molar-refractivity contribution is 0.175. The number of rotatable bonds is 8. The minimum atomic E-state index is 0.330. The van der Waals surface area contributed by atoms with Gasteiger partial charge in [0.05, 0.1) is 6.61 Å². The Bertz CT molecular complexity index is 360. The molecule has 0 radical (unpaired) electrons. The maximum atomic E-state index is 5.65. The standard InChI is InChI=1S/C12H22N4O2/c1-4-5-9(2)7-18-12-6-10(16-13)14-11(15-12)8-17-3/h6,9H,4-5,7-8,13H2,1-3H3,(H,14,15,16). The van der Waals surface area contributed by atoms with Crippen molar-refractivity contribution in [3.05, 3.63) is 11.9 Å². The van der Waals surface area contributed by atoms with Gasteiger partial charge in [-0.3, -0.25) is 0 Å². The molecule has 0 saturated carbocycles. The highest BCUT2D eigenvalue weighted by Crippen LogP contribution is 2.15. The Kier molecular flexibility index (Phi) is 6.38. The Morgan fingerprint density at radius 2 is 2.22 bits per heavy atom. The zero-order valence-electron chi connectivity index (χ0n) is 11.3. The molecule has 1 atom stereocenters. The minimum Gasteiger partial charge on any atom is -0.477 e. The van der Waals surface area contributed by atoms with E-state index in [4.69, 9.17) is 15.3 Å². The van der Waals surface area contributed by atoms with Gasteiger partial charge < -0.3 is 14.9 Å². The van der Waals surface area contributed by atoms with Crippen molar-refractivity contribution in [3.8, 4) is 5.88 Å². The number of nitrogens with one attached hydrogen (secondary N) is 1. The molecule has 102 valence electrons. The summed E-state index contributed by atoms with van der Waals surface area (Å²) < 4.78 is 10.6. The molecule has 18 heavy (non-hydrogen) atoms. The molecule has 1 rings (SSSR count). The van der Waals surface area contributed by atoms with Gasteiger partial charge in [-0.25, -0.2) is 10.8 Å². The molecule has 0 aliphatic heterocycles. The lowest BCUT2D eigenvalue weighted by Crippen LogP contribution is -2.13. The van der Waals surface area contributed by atoms with Crippen LogP contribution in [0, 0.1) is 5.92 Å². The number of nitrogen functional groups attached to an aromatic ring is 1. The van der Waals surface area contributed by atoms with Gasteiger partial charge in [0, 0.05) is 13.2 Å². The topological polar surface area (TPSA) is 82.3 Å². The van der Waals surface area contributed by atoms with Crippen LogP contribution in [0.3, 0.4) is 0 Å². The van der Waals surface area contributed by atoms with Crippen molar-refractivity contribution >= 4 is 5.82 Å². The van der Waals surface area contributed by atoms with E-state index in [0.29, 0.717) is 36.7 Å². The van der Waals surface area contributed by atoms with Crippen LogP contribution in [0.25, 0.3) is 0 Å². The molecule has 0 fully saturated rings. The Labute approximate surface area is 108 Å². The quantitative estimate of drug-likeness (QED) is 0.543. The lowest BCUT2D eigenvalue weighted by atomic mass is 10.1. The highest BCUT2D eigenvalue weighted by molar-refractivity contribution is 5.36. The normalized spacial score (nSPS) is 12.2. The first-order chi connectivity index (χ1) is 8.69. The van der Waals surface area contributed by atoms with E-state index >= 15 is 0 Å². The van der Waals surface area contributed by atoms with Crippen molar-refractivity contribution in [3.63, 3.8) is 0 Å². The molecular weight excluding hydrogens is 232 g/mol. The van der Waals surface area contributed by atoms with Crippen LogP contribution < -0.4 is 16.0 Å². The zero-order chi connectivity index (χ0) is 13.4. The number of methoxy groups -OCH3 is 1. The summed E-state index contributed by atoms with van der Waals surface area (Å²) in [6.45, 7) is 5.29. The molecule has 0 aromatic carbocycles. The van der Waals surface area contributed by atoms with Gasteiger partial charge in [-0.15, -0.1) is 0 Å². The van der Waals surface area contributed by atoms with E-state index in [-0.39, 0.29) is 0 Å². The van der Waals surface area contributed by atoms with Crippen LogP contribution in [0.4, 0.5) is 5.82 Å². The molecule has 6 heteroatoms. The number of hydrogen-bond acceptors (Lipinski definition) is 6. The summed E-state index contributed by atoms with van der Waals surface area (Å²) in [5, 5.41) is 0. The van der Waals surface area contributed by atoms with Crippen LogP contribution in [-0.2, 0) is 11.3 Å². The molecule has 0 amide bonds. The molecule has 1 aromatic rings. The highest BCUT2D eigenvalue weighted by Gasteiger charge is 2.07. The summed E-state index contributed by atoms with van der Waals surface area (Å²) in [6, 6.07) is 1.68. The SMILES string of the molecule is CCCC(C)COc1cc(NN)nc(COC)n1. The first-order valence-corrected chi connectivity index (χ1v) is 6.15. The van der Waals surface area contributed by atoms with Gasteiger partial charge in [-0.05, 0) is 12.3 Å².